The summed E-state index contributed by atoms with van der Waals surface area (Å²) in [6.07, 6.45) is 2.35. The minimum absolute atomic E-state index is 0.157. The van der Waals surface area contributed by atoms with E-state index in [1.165, 1.54) is 11.9 Å². The van der Waals surface area contributed by atoms with E-state index in [1.807, 2.05) is 57.2 Å². The summed E-state index contributed by atoms with van der Waals surface area (Å²) in [5.74, 6) is 2.59. The number of aryl methyl sites for hydroxylation is 1. The Morgan fingerprint density at radius 2 is 1.93 bits per heavy atom. The number of hydrogen-bond acceptors (Lipinski definition) is 1. The summed E-state index contributed by atoms with van der Waals surface area (Å²) in [6.45, 7) is 1.41. The van der Waals surface area contributed by atoms with Crippen LogP contribution in [0, 0.1) is 24.7 Å². The number of benzene rings is 2. The van der Waals surface area contributed by atoms with Crippen molar-refractivity contribution in [2.75, 3.05) is 7.05 Å². The molecule has 0 saturated heterocycles. The number of rotatable bonds is 3. The van der Waals surface area contributed by atoms with Gasteiger partial charge in [-0.15, -0.1) is 0 Å². The normalized spacial score (nSPS) is 21.1. The van der Waals surface area contributed by atoms with Crippen LogP contribution in [0.3, 0.4) is 0 Å². The van der Waals surface area contributed by atoms with E-state index in [-0.39, 0.29) is 11.7 Å². The maximum absolute atomic E-state index is 15.3. The molecule has 7 heteroatoms. The summed E-state index contributed by atoms with van der Waals surface area (Å²) in [7, 11) is 4.33. The molecule has 1 amide bonds. The van der Waals surface area contributed by atoms with Gasteiger partial charge < -0.3 is 4.90 Å². The Hall–Kier alpha value is -2.48. The van der Waals surface area contributed by atoms with E-state index in [9.17, 15) is 4.79 Å². The first-order valence-electron chi connectivity index (χ1n) is 10.5. The molecule has 4 rings (SSSR count). The van der Waals surface area contributed by atoms with Crippen molar-refractivity contribution in [1.82, 2.24) is 4.90 Å². The predicted octanol–water partition coefficient (Wildman–Crippen LogP) is 1.22. The summed E-state index contributed by atoms with van der Waals surface area (Å²) >= 11 is 0. The lowest BCUT2D eigenvalue weighted by atomic mass is 9.36. The van der Waals surface area contributed by atoms with Crippen molar-refractivity contribution in [2.24, 2.45) is 5.92 Å². The molecule has 2 aromatic rings. The van der Waals surface area contributed by atoms with Gasteiger partial charge in [-0.25, -0.2) is 8.78 Å². The summed E-state index contributed by atoms with van der Waals surface area (Å²) < 4.78 is 30.7. The average Bonchev–Trinajstić information content (AvgIpc) is 3.51. The molecule has 1 unspecified atom stereocenters. The van der Waals surface area contributed by atoms with Crippen LogP contribution in [0.2, 0.25) is 0 Å². The van der Waals surface area contributed by atoms with Gasteiger partial charge in [-0.05, 0) is 31.6 Å². The van der Waals surface area contributed by atoms with Gasteiger partial charge in [-0.1, -0.05) is 76.4 Å². The lowest BCUT2D eigenvalue weighted by Crippen LogP contribution is -2.69. The van der Waals surface area contributed by atoms with Crippen molar-refractivity contribution in [3.63, 3.8) is 0 Å². The molecule has 0 bridgehead atoms. The van der Waals surface area contributed by atoms with Crippen molar-refractivity contribution in [3.05, 3.63) is 59.2 Å². The second-order valence-electron chi connectivity index (χ2n) is 8.81. The van der Waals surface area contributed by atoms with Crippen LogP contribution in [-0.2, 0) is 11.9 Å². The van der Waals surface area contributed by atoms with Gasteiger partial charge >= 0.3 is 0 Å². The number of carbonyl (C=O) groups excluding carboxylic acids is 1. The molecule has 0 radical (unpaired) electrons. The molecule has 2 aliphatic rings. The Kier molecular flexibility index (Phi) is 5.08. The molecular weight excluding hydrogens is 377 g/mol. The first-order valence-corrected chi connectivity index (χ1v) is 10.5. The van der Waals surface area contributed by atoms with E-state index in [0.29, 0.717) is 17.3 Å². The molecule has 0 N–H and O–H groups in total. The number of alkyl halides is 2. The molecular formula is C23H24B3F2NO. The van der Waals surface area contributed by atoms with Gasteiger partial charge in [0.25, 0.3) is 6.71 Å². The van der Waals surface area contributed by atoms with Gasteiger partial charge in [-0.2, -0.15) is 0 Å². The fourth-order valence-electron chi connectivity index (χ4n) is 4.43. The van der Waals surface area contributed by atoms with E-state index in [2.05, 4.69) is 11.8 Å². The molecule has 0 spiro atoms. The van der Waals surface area contributed by atoms with Crippen molar-refractivity contribution >= 4 is 39.1 Å². The number of fused-ring (bicyclic) bond motifs is 1. The highest BCUT2D eigenvalue weighted by molar-refractivity contribution is 6.99. The van der Waals surface area contributed by atoms with Crippen LogP contribution in [0.1, 0.15) is 29.5 Å². The Bertz CT molecular complexity index is 1050. The topological polar surface area (TPSA) is 20.3 Å². The zero-order valence-electron chi connectivity index (χ0n) is 17.9. The summed E-state index contributed by atoms with van der Waals surface area (Å²) in [5.41, 5.74) is 2.12. The smallest absolute Gasteiger partial charge is 0.289 e. The fourth-order valence-corrected chi connectivity index (χ4v) is 4.43. The molecule has 30 heavy (non-hydrogen) atoms. The molecule has 1 atom stereocenters. The van der Waals surface area contributed by atoms with Crippen LogP contribution in [0.5, 0.6) is 0 Å². The van der Waals surface area contributed by atoms with Crippen LogP contribution in [0.15, 0.2) is 42.5 Å². The number of hydrogen-bond donors (Lipinski definition) is 0. The quantitative estimate of drug-likeness (QED) is 0.560. The first-order chi connectivity index (χ1) is 14.1. The zero-order valence-corrected chi connectivity index (χ0v) is 17.9. The molecule has 1 aliphatic carbocycles. The monoisotopic (exact) mass is 401 g/mol. The van der Waals surface area contributed by atoms with Crippen LogP contribution < -0.4 is 10.9 Å². The average molecular weight is 401 g/mol. The van der Waals surface area contributed by atoms with Crippen molar-refractivity contribution in [2.45, 2.75) is 37.4 Å². The molecule has 1 saturated carbocycles. The Labute approximate surface area is 179 Å². The highest BCUT2D eigenvalue weighted by Crippen LogP contribution is 2.43. The van der Waals surface area contributed by atoms with Crippen molar-refractivity contribution in [1.29, 1.82) is 0 Å². The zero-order chi connectivity index (χ0) is 21.7. The van der Waals surface area contributed by atoms with Crippen LogP contribution in [-0.4, -0.2) is 46.0 Å². The third kappa shape index (κ3) is 3.37. The minimum Gasteiger partial charge on any atom is -0.329 e. The van der Waals surface area contributed by atoms with Gasteiger partial charge in [0.1, 0.15) is 7.85 Å². The van der Waals surface area contributed by atoms with E-state index in [1.54, 1.807) is 0 Å². The maximum atomic E-state index is 15.3. The number of carbonyl (C=O) groups is 1. The summed E-state index contributed by atoms with van der Waals surface area (Å²) in [4.78, 5) is 14.8. The molecule has 1 aliphatic heterocycles. The van der Waals surface area contributed by atoms with Gasteiger partial charge in [-0.3, -0.25) is 4.79 Å². The van der Waals surface area contributed by atoms with Crippen molar-refractivity contribution in [3.8, 4) is 11.8 Å². The Balaban J connectivity index is 1.95. The van der Waals surface area contributed by atoms with Crippen LogP contribution in [0.4, 0.5) is 13.6 Å². The SMILES string of the molecule is Bc1cc2c(cc1C)C(C#CC1CC1)(C(B)(F)F)N(C)C(=O)B2Cc1ccccc1. The second kappa shape index (κ2) is 7.34. The molecule has 150 valence electrons. The summed E-state index contributed by atoms with van der Waals surface area (Å²) in [5, 5.41) is 0. The highest BCUT2D eigenvalue weighted by Gasteiger charge is 2.60. The lowest BCUT2D eigenvalue weighted by molar-refractivity contribution is -0.0276. The van der Waals surface area contributed by atoms with Gasteiger partial charge in [0.15, 0.2) is 19.2 Å². The molecule has 2 nitrogen and oxygen atoms in total. The Morgan fingerprint density at radius 3 is 2.53 bits per heavy atom. The standard InChI is InChI=1S/C23H24B3F2NO/c1-15-12-18-20(13-19(15)24)26(14-17-6-4-3-5-7-17)21(30)29(2)22(18,23(25,27)28)11-10-16-8-9-16/h3-7,12-13,16H,8-9,14,24-25H2,1-2H3. The van der Waals surface area contributed by atoms with E-state index >= 15 is 8.78 Å². The van der Waals surface area contributed by atoms with E-state index in [0.717, 1.165) is 37.3 Å². The Morgan fingerprint density at radius 1 is 1.27 bits per heavy atom. The fraction of sp³-hybridized carbons (Fsp3) is 0.348. The predicted molar refractivity (Wildman–Crippen MR) is 124 cm³/mol. The molecule has 1 fully saturated rings. The number of halogens is 2. The number of amides is 1. The van der Waals surface area contributed by atoms with Gasteiger partial charge in [0.2, 0.25) is 5.82 Å². The van der Waals surface area contributed by atoms with Gasteiger partial charge in [0.05, 0.1) is 0 Å². The van der Waals surface area contributed by atoms with E-state index < -0.39 is 18.1 Å². The molecule has 0 aromatic heterocycles. The third-order valence-electron chi connectivity index (χ3n) is 6.52. The largest absolute Gasteiger partial charge is 0.329 e. The second-order valence-corrected chi connectivity index (χ2v) is 8.81. The maximum Gasteiger partial charge on any atom is 0.289 e. The van der Waals surface area contributed by atoms with Crippen LogP contribution in [0.25, 0.3) is 0 Å². The lowest BCUT2D eigenvalue weighted by Gasteiger charge is -2.48. The third-order valence-corrected chi connectivity index (χ3v) is 6.52. The number of nitrogens with zero attached hydrogens (tertiary/aromatic N) is 1. The van der Waals surface area contributed by atoms with Gasteiger partial charge in [0, 0.05) is 13.0 Å². The summed E-state index contributed by atoms with van der Waals surface area (Å²) in [6, 6.07) is 13.5. The molecule has 2 aromatic carbocycles. The molecule has 1 heterocycles. The highest BCUT2D eigenvalue weighted by atomic mass is 19.3. The van der Waals surface area contributed by atoms with Crippen LogP contribution >= 0.6 is 0 Å². The minimum atomic E-state index is -3.21. The first kappa shape index (κ1) is 20.8. The van der Waals surface area contributed by atoms with E-state index in [4.69, 9.17) is 0 Å². The van der Waals surface area contributed by atoms with Crippen molar-refractivity contribution < 1.29 is 13.6 Å².